The molecule has 3 rings (SSSR count). The highest BCUT2D eigenvalue weighted by atomic mass is 79.9. The second-order valence-electron chi connectivity index (χ2n) is 5.77. The maximum Gasteiger partial charge on any atom is 0.271 e. The molecule has 1 saturated carbocycles. The van der Waals surface area contributed by atoms with Crippen molar-refractivity contribution in [3.05, 3.63) is 46.7 Å². The van der Waals surface area contributed by atoms with Gasteiger partial charge < -0.3 is 10.1 Å². The van der Waals surface area contributed by atoms with Crippen LogP contribution in [0.15, 0.2) is 35.3 Å². The highest BCUT2D eigenvalue weighted by Gasteiger charge is 2.24. The number of nitrogens with zero attached hydrogens (tertiary/aromatic N) is 4. The summed E-state index contributed by atoms with van der Waals surface area (Å²) in [5.74, 6) is 0.440. The number of nitrogens with one attached hydrogen (secondary N) is 1. The number of rotatable bonds is 4. The second kappa shape index (κ2) is 8.03. The van der Waals surface area contributed by atoms with Crippen molar-refractivity contribution in [2.24, 2.45) is 0 Å². The lowest BCUT2D eigenvalue weighted by Gasteiger charge is -2.29. The number of hydrogen-bond donors (Lipinski definition) is 1. The van der Waals surface area contributed by atoms with E-state index in [0.717, 1.165) is 25.7 Å². The molecule has 0 unspecified atom stereocenters. The number of amides is 1. The van der Waals surface area contributed by atoms with Gasteiger partial charge in [-0.15, -0.1) is 0 Å². The highest BCUT2D eigenvalue weighted by molar-refractivity contribution is 9.10. The number of pyridine rings is 1. The van der Waals surface area contributed by atoms with Gasteiger partial charge in [0.2, 0.25) is 0 Å². The van der Waals surface area contributed by atoms with Gasteiger partial charge in [0.1, 0.15) is 17.5 Å². The van der Waals surface area contributed by atoms with Crippen molar-refractivity contribution in [3.8, 4) is 11.8 Å². The number of nitriles is 1. The minimum Gasteiger partial charge on any atom is -0.489 e. The standard InChI is InChI=1S/C17H16BrN5O2/c18-14-7-13(9-22-15(14)8-19)25-12-3-1-11(2-4-12)23-17(24)16-10-20-5-6-21-16/h5-7,9-12H,1-4H2,(H,23,24)/t11-,12-. The fourth-order valence-electron chi connectivity index (χ4n) is 2.76. The zero-order valence-corrected chi connectivity index (χ0v) is 14.9. The van der Waals surface area contributed by atoms with E-state index in [4.69, 9.17) is 10.00 Å². The molecule has 0 aliphatic heterocycles. The first-order valence-corrected chi connectivity index (χ1v) is 8.74. The molecular formula is C17H16BrN5O2. The van der Waals surface area contributed by atoms with Gasteiger partial charge in [-0.1, -0.05) is 0 Å². The zero-order valence-electron chi connectivity index (χ0n) is 13.4. The fourth-order valence-corrected chi connectivity index (χ4v) is 3.18. The normalized spacial score (nSPS) is 19.7. The molecule has 0 spiro atoms. The molecule has 2 aromatic rings. The SMILES string of the molecule is N#Cc1ncc(O[C@H]2CC[C@H](NC(=O)c3cnccn3)CC2)cc1Br. The molecule has 2 aromatic heterocycles. The van der Waals surface area contributed by atoms with Gasteiger partial charge in [-0.05, 0) is 47.7 Å². The Morgan fingerprint density at radius 2 is 2.04 bits per heavy atom. The molecule has 0 atom stereocenters. The molecule has 25 heavy (non-hydrogen) atoms. The van der Waals surface area contributed by atoms with Gasteiger partial charge >= 0.3 is 0 Å². The number of ether oxygens (including phenoxy) is 1. The van der Waals surface area contributed by atoms with E-state index in [1.807, 2.05) is 6.07 Å². The third-order valence-electron chi connectivity index (χ3n) is 4.03. The molecule has 8 heteroatoms. The number of carbonyl (C=O) groups excluding carboxylic acids is 1. The van der Waals surface area contributed by atoms with Gasteiger partial charge in [-0.2, -0.15) is 5.26 Å². The lowest BCUT2D eigenvalue weighted by Crippen LogP contribution is -2.40. The topological polar surface area (TPSA) is 101 Å². The molecule has 1 aliphatic carbocycles. The Morgan fingerprint density at radius 3 is 2.68 bits per heavy atom. The van der Waals surface area contributed by atoms with E-state index < -0.39 is 0 Å². The predicted octanol–water partition coefficient (Wildman–Crippen LogP) is 2.63. The quantitative estimate of drug-likeness (QED) is 0.844. The summed E-state index contributed by atoms with van der Waals surface area (Å²) in [5, 5.41) is 11.9. The molecule has 0 aromatic carbocycles. The Morgan fingerprint density at radius 1 is 1.24 bits per heavy atom. The van der Waals surface area contributed by atoms with Crippen molar-refractivity contribution in [2.75, 3.05) is 0 Å². The van der Waals surface area contributed by atoms with Crippen LogP contribution in [0.5, 0.6) is 5.75 Å². The van der Waals surface area contributed by atoms with E-state index in [9.17, 15) is 4.79 Å². The van der Waals surface area contributed by atoms with Gasteiger partial charge in [0.25, 0.3) is 5.91 Å². The highest BCUT2D eigenvalue weighted by Crippen LogP contribution is 2.26. The Balaban J connectivity index is 1.50. The van der Waals surface area contributed by atoms with Gasteiger partial charge in [0, 0.05) is 18.4 Å². The van der Waals surface area contributed by atoms with Crippen molar-refractivity contribution < 1.29 is 9.53 Å². The number of aromatic nitrogens is 3. The van der Waals surface area contributed by atoms with Crippen LogP contribution in [0, 0.1) is 11.3 Å². The van der Waals surface area contributed by atoms with Crippen LogP contribution in [0.1, 0.15) is 41.9 Å². The third-order valence-corrected chi connectivity index (χ3v) is 4.63. The molecule has 0 radical (unpaired) electrons. The van der Waals surface area contributed by atoms with Crippen LogP contribution in [-0.2, 0) is 0 Å². The van der Waals surface area contributed by atoms with Crippen LogP contribution in [0.4, 0.5) is 0 Å². The van der Waals surface area contributed by atoms with E-state index in [-0.39, 0.29) is 18.1 Å². The summed E-state index contributed by atoms with van der Waals surface area (Å²) in [7, 11) is 0. The lowest BCUT2D eigenvalue weighted by molar-refractivity contribution is 0.0888. The Kier molecular flexibility index (Phi) is 5.56. The van der Waals surface area contributed by atoms with Gasteiger partial charge in [-0.25, -0.2) is 9.97 Å². The molecule has 0 bridgehead atoms. The van der Waals surface area contributed by atoms with Crippen LogP contribution in [-0.4, -0.2) is 33.0 Å². The van der Waals surface area contributed by atoms with Crippen molar-refractivity contribution in [1.82, 2.24) is 20.3 Å². The van der Waals surface area contributed by atoms with Gasteiger partial charge in [-0.3, -0.25) is 9.78 Å². The average Bonchev–Trinajstić information content (AvgIpc) is 2.64. The fraction of sp³-hybridized carbons (Fsp3) is 0.353. The maximum absolute atomic E-state index is 12.1. The minimum atomic E-state index is -0.197. The average molecular weight is 402 g/mol. The van der Waals surface area contributed by atoms with E-state index in [0.29, 0.717) is 21.6 Å². The minimum absolute atomic E-state index is 0.0753. The largest absolute Gasteiger partial charge is 0.489 e. The zero-order chi connectivity index (χ0) is 17.6. The number of carbonyl (C=O) groups is 1. The summed E-state index contributed by atoms with van der Waals surface area (Å²) < 4.78 is 6.56. The van der Waals surface area contributed by atoms with Gasteiger partial charge in [0.15, 0.2) is 5.69 Å². The second-order valence-corrected chi connectivity index (χ2v) is 6.62. The summed E-state index contributed by atoms with van der Waals surface area (Å²) in [5.41, 5.74) is 0.664. The molecular weight excluding hydrogens is 386 g/mol. The van der Waals surface area contributed by atoms with Crippen LogP contribution < -0.4 is 10.1 Å². The Hall–Kier alpha value is -2.53. The summed E-state index contributed by atoms with van der Waals surface area (Å²) in [6.45, 7) is 0. The molecule has 1 fully saturated rings. The van der Waals surface area contributed by atoms with E-state index in [1.165, 1.54) is 18.6 Å². The third kappa shape index (κ3) is 4.51. The van der Waals surface area contributed by atoms with E-state index in [1.54, 1.807) is 12.3 Å². The van der Waals surface area contributed by atoms with E-state index in [2.05, 4.69) is 36.2 Å². The molecule has 2 heterocycles. The maximum atomic E-state index is 12.1. The van der Waals surface area contributed by atoms with Crippen molar-refractivity contribution >= 4 is 21.8 Å². The van der Waals surface area contributed by atoms with Crippen LogP contribution in [0.25, 0.3) is 0 Å². The number of hydrogen-bond acceptors (Lipinski definition) is 6. The summed E-state index contributed by atoms with van der Waals surface area (Å²) >= 11 is 3.31. The first-order chi connectivity index (χ1) is 12.2. The Bertz CT molecular complexity index is 785. The molecule has 1 N–H and O–H groups in total. The van der Waals surface area contributed by atoms with Crippen molar-refractivity contribution in [2.45, 2.75) is 37.8 Å². The van der Waals surface area contributed by atoms with E-state index >= 15 is 0 Å². The summed E-state index contributed by atoms with van der Waals surface area (Å²) in [6.07, 6.45) is 9.48. The van der Waals surface area contributed by atoms with Gasteiger partial charge in [0.05, 0.1) is 23.0 Å². The molecule has 1 amide bonds. The monoisotopic (exact) mass is 401 g/mol. The van der Waals surface area contributed by atoms with Crippen LogP contribution in [0.2, 0.25) is 0 Å². The first kappa shape index (κ1) is 17.3. The van der Waals surface area contributed by atoms with Crippen molar-refractivity contribution in [1.29, 1.82) is 5.26 Å². The molecule has 1 aliphatic rings. The van der Waals surface area contributed by atoms with Crippen LogP contribution >= 0.6 is 15.9 Å². The molecule has 0 saturated heterocycles. The summed E-state index contributed by atoms with van der Waals surface area (Å²) in [4.78, 5) is 24.1. The van der Waals surface area contributed by atoms with Crippen LogP contribution in [0.3, 0.4) is 0 Å². The predicted molar refractivity (Wildman–Crippen MR) is 92.8 cm³/mol. The van der Waals surface area contributed by atoms with Crippen molar-refractivity contribution in [3.63, 3.8) is 0 Å². The Labute approximate surface area is 153 Å². The number of halogens is 1. The smallest absolute Gasteiger partial charge is 0.271 e. The first-order valence-electron chi connectivity index (χ1n) is 7.95. The summed E-state index contributed by atoms with van der Waals surface area (Å²) in [6, 6.07) is 3.87. The lowest BCUT2D eigenvalue weighted by atomic mass is 9.93. The molecule has 7 nitrogen and oxygen atoms in total. The molecule has 128 valence electrons.